The van der Waals surface area contributed by atoms with E-state index in [0.717, 1.165) is 0 Å². The Hall–Kier alpha value is -4.24. The molecule has 4 saturated heterocycles. The molecule has 4 unspecified atom stereocenters. The smallest absolute Gasteiger partial charge is 0.320 e. The molecule has 0 amide bonds. The molecule has 0 aromatic rings. The number of carbonyl (C=O) groups is 8. The highest BCUT2D eigenvalue weighted by Crippen LogP contribution is 2.28. The van der Waals surface area contributed by atoms with E-state index in [9.17, 15) is 38.4 Å². The average molecular weight is 697 g/mol. The third-order valence-corrected chi connectivity index (χ3v) is 8.88. The third kappa shape index (κ3) is 10.9. The van der Waals surface area contributed by atoms with E-state index in [2.05, 4.69) is 0 Å². The number of cyclic esters (lactones) is 4. The Morgan fingerprint density at radius 2 is 0.653 bits per heavy atom. The number of hydrogen-bond donors (Lipinski definition) is 0. The molecule has 0 saturated carbocycles. The van der Waals surface area contributed by atoms with Crippen LogP contribution in [-0.2, 0) is 76.3 Å². The van der Waals surface area contributed by atoms with Crippen LogP contribution in [0.15, 0.2) is 0 Å². The molecule has 0 bridgehead atoms. The van der Waals surface area contributed by atoms with Crippen LogP contribution in [0.1, 0.15) is 77.0 Å². The fourth-order valence-electron chi connectivity index (χ4n) is 5.77. The van der Waals surface area contributed by atoms with Gasteiger partial charge in [0.2, 0.25) is 0 Å². The predicted octanol–water partition coefficient (Wildman–Crippen LogP) is 1.52. The Bertz CT molecular complexity index is 1050. The molecular weight excluding hydrogens is 652 g/mol. The quantitative estimate of drug-likeness (QED) is 0.161. The maximum atomic E-state index is 13.2. The van der Waals surface area contributed by atoms with Crippen LogP contribution in [0.5, 0.6) is 0 Å². The van der Waals surface area contributed by atoms with Gasteiger partial charge in [0, 0.05) is 0 Å². The highest BCUT2D eigenvalue weighted by Gasteiger charge is 2.44. The molecule has 16 nitrogen and oxygen atoms in total. The standard InChI is InChI=1S/C33H44O16/c34-25-21(9-1-5-13-42-25)29(38)46-17-33(18-47-30(39)22-10-2-6-14-43-26(22)35,19-48-31(40)23-11-3-7-15-44-27(23)36)20-49-32(41)24-12-4-8-16-45-28(24)37/h21-24H,1-20H2. The first-order valence-corrected chi connectivity index (χ1v) is 16.9. The molecule has 16 heteroatoms. The minimum absolute atomic E-state index is 0.144. The van der Waals surface area contributed by atoms with Crippen molar-refractivity contribution in [2.24, 2.45) is 29.1 Å². The molecule has 0 radical (unpaired) electrons. The minimum atomic E-state index is -1.82. The summed E-state index contributed by atoms with van der Waals surface area (Å²) in [4.78, 5) is 103. The lowest BCUT2D eigenvalue weighted by Gasteiger charge is -2.33. The van der Waals surface area contributed by atoms with Gasteiger partial charge in [-0.05, 0) is 77.0 Å². The van der Waals surface area contributed by atoms with Gasteiger partial charge in [-0.25, -0.2) is 0 Å². The number of ether oxygens (including phenoxy) is 8. The third-order valence-electron chi connectivity index (χ3n) is 8.88. The fourth-order valence-corrected chi connectivity index (χ4v) is 5.77. The van der Waals surface area contributed by atoms with Crippen molar-refractivity contribution in [1.82, 2.24) is 0 Å². The van der Waals surface area contributed by atoms with Gasteiger partial charge in [-0.1, -0.05) is 0 Å². The van der Waals surface area contributed by atoms with E-state index in [1.54, 1.807) is 0 Å². The largest absolute Gasteiger partial charge is 0.465 e. The minimum Gasteiger partial charge on any atom is -0.465 e. The van der Waals surface area contributed by atoms with Crippen molar-refractivity contribution in [2.75, 3.05) is 52.9 Å². The van der Waals surface area contributed by atoms with Crippen LogP contribution in [0.3, 0.4) is 0 Å². The van der Waals surface area contributed by atoms with Gasteiger partial charge in [-0.2, -0.15) is 0 Å². The van der Waals surface area contributed by atoms with E-state index in [0.29, 0.717) is 51.4 Å². The zero-order chi connectivity index (χ0) is 35.2. The zero-order valence-electron chi connectivity index (χ0n) is 27.5. The molecule has 4 atom stereocenters. The lowest BCUT2D eigenvalue weighted by atomic mass is 9.91. The first-order valence-electron chi connectivity index (χ1n) is 16.9. The summed E-state index contributed by atoms with van der Waals surface area (Å²) in [5, 5.41) is 0. The average Bonchev–Trinajstić information content (AvgIpc) is 3.63. The lowest BCUT2D eigenvalue weighted by molar-refractivity contribution is -0.178. The lowest BCUT2D eigenvalue weighted by Crippen LogP contribution is -2.46. The zero-order valence-corrected chi connectivity index (χ0v) is 27.5. The molecular formula is C33H44O16. The maximum Gasteiger partial charge on any atom is 0.320 e. The molecule has 272 valence electrons. The molecule has 0 aromatic carbocycles. The van der Waals surface area contributed by atoms with Crippen molar-refractivity contribution in [3.8, 4) is 0 Å². The van der Waals surface area contributed by atoms with Crippen molar-refractivity contribution in [3.63, 3.8) is 0 Å². The summed E-state index contributed by atoms with van der Waals surface area (Å²) in [6.07, 6.45) is 4.87. The Balaban J connectivity index is 1.58. The van der Waals surface area contributed by atoms with Crippen LogP contribution in [0, 0.1) is 29.1 Å². The van der Waals surface area contributed by atoms with Gasteiger partial charge in [0.25, 0.3) is 0 Å². The van der Waals surface area contributed by atoms with Gasteiger partial charge in [0.15, 0.2) is 23.7 Å². The van der Waals surface area contributed by atoms with Crippen LogP contribution >= 0.6 is 0 Å². The summed E-state index contributed by atoms with van der Waals surface area (Å²) in [7, 11) is 0. The second-order valence-corrected chi connectivity index (χ2v) is 12.8. The number of esters is 8. The van der Waals surface area contributed by atoms with Crippen LogP contribution in [0.4, 0.5) is 0 Å². The summed E-state index contributed by atoms with van der Waals surface area (Å²) in [5.41, 5.74) is -1.82. The van der Waals surface area contributed by atoms with E-state index in [-0.39, 0.29) is 52.1 Å². The van der Waals surface area contributed by atoms with E-state index in [1.165, 1.54) is 0 Å². The van der Waals surface area contributed by atoms with Crippen molar-refractivity contribution in [3.05, 3.63) is 0 Å². The monoisotopic (exact) mass is 696 g/mol. The van der Waals surface area contributed by atoms with E-state index >= 15 is 0 Å². The Morgan fingerprint density at radius 3 is 0.878 bits per heavy atom. The van der Waals surface area contributed by atoms with Crippen molar-refractivity contribution in [1.29, 1.82) is 0 Å². The highest BCUT2D eigenvalue weighted by molar-refractivity contribution is 5.97. The SMILES string of the molecule is O=C1OCCCCC1C(=O)OCC(COC(=O)C1CCCCOC1=O)(COC(=O)C1CCCCOC1=O)COC(=O)C1CCCCOC1=O. The summed E-state index contributed by atoms with van der Waals surface area (Å²) < 4.78 is 42.5. The summed E-state index contributed by atoms with van der Waals surface area (Å²) >= 11 is 0. The molecule has 4 aliphatic heterocycles. The van der Waals surface area contributed by atoms with Gasteiger partial charge in [0.1, 0.15) is 31.8 Å². The number of rotatable bonds is 12. The van der Waals surface area contributed by atoms with Crippen molar-refractivity contribution >= 4 is 47.8 Å². The Kier molecular flexibility index (Phi) is 14.2. The summed E-state index contributed by atoms with van der Waals surface area (Å²) in [5.74, 6) is -12.0. The first kappa shape index (κ1) is 37.6. The van der Waals surface area contributed by atoms with Crippen molar-refractivity contribution in [2.45, 2.75) is 77.0 Å². The first-order chi connectivity index (χ1) is 23.6. The number of hydrogen-bond acceptors (Lipinski definition) is 16. The predicted molar refractivity (Wildman–Crippen MR) is 159 cm³/mol. The van der Waals surface area contributed by atoms with E-state index < -0.39 is 103 Å². The second-order valence-electron chi connectivity index (χ2n) is 12.8. The molecule has 4 aliphatic rings. The highest BCUT2D eigenvalue weighted by atomic mass is 16.6. The summed E-state index contributed by atoms with van der Waals surface area (Å²) in [6.45, 7) is -2.25. The maximum absolute atomic E-state index is 13.2. The summed E-state index contributed by atoms with van der Waals surface area (Å²) in [6, 6.07) is 0. The topological polar surface area (TPSA) is 210 Å². The van der Waals surface area contributed by atoms with E-state index in [1.807, 2.05) is 0 Å². The van der Waals surface area contributed by atoms with Gasteiger partial charge in [-0.3, -0.25) is 38.4 Å². The van der Waals surface area contributed by atoms with E-state index in [4.69, 9.17) is 37.9 Å². The van der Waals surface area contributed by atoms with Crippen LogP contribution in [0.2, 0.25) is 0 Å². The molecule has 49 heavy (non-hydrogen) atoms. The van der Waals surface area contributed by atoms with Gasteiger partial charge >= 0.3 is 47.8 Å². The van der Waals surface area contributed by atoms with Crippen LogP contribution in [0.25, 0.3) is 0 Å². The van der Waals surface area contributed by atoms with Crippen molar-refractivity contribution < 1.29 is 76.3 Å². The molecule has 0 aromatic heterocycles. The van der Waals surface area contributed by atoms with Crippen LogP contribution < -0.4 is 0 Å². The Morgan fingerprint density at radius 1 is 0.429 bits per heavy atom. The molecule has 0 N–H and O–H groups in total. The fraction of sp³-hybridized carbons (Fsp3) is 0.758. The van der Waals surface area contributed by atoms with Gasteiger partial charge in [0.05, 0.1) is 26.4 Å². The Labute approximate surface area is 283 Å². The molecule has 0 spiro atoms. The van der Waals surface area contributed by atoms with Crippen LogP contribution in [-0.4, -0.2) is 101 Å². The molecule has 4 rings (SSSR count). The van der Waals surface area contributed by atoms with Gasteiger partial charge < -0.3 is 37.9 Å². The molecule has 4 heterocycles. The number of carbonyl (C=O) groups excluding carboxylic acids is 8. The molecule has 4 fully saturated rings. The van der Waals surface area contributed by atoms with Gasteiger partial charge in [-0.15, -0.1) is 0 Å². The second kappa shape index (κ2) is 18.5. The normalized spacial score (nSPS) is 26.3. The molecule has 0 aliphatic carbocycles.